The molecule has 0 spiro atoms. The lowest BCUT2D eigenvalue weighted by Crippen LogP contribution is -2.38. The van der Waals surface area contributed by atoms with Gasteiger partial charge in [-0.05, 0) is 26.0 Å². The van der Waals surface area contributed by atoms with E-state index in [4.69, 9.17) is 5.26 Å². The molecule has 0 fully saturated rings. The molecule has 0 aliphatic heterocycles. The molecule has 0 N–H and O–H groups in total. The van der Waals surface area contributed by atoms with E-state index in [0.29, 0.717) is 6.54 Å². The van der Waals surface area contributed by atoms with Gasteiger partial charge in [0.15, 0.2) is 0 Å². The van der Waals surface area contributed by atoms with Crippen molar-refractivity contribution >= 4 is 5.91 Å². The lowest BCUT2D eigenvalue weighted by molar-refractivity contribution is 0.0704. The Balaban J connectivity index is 2.93. The van der Waals surface area contributed by atoms with Crippen molar-refractivity contribution in [2.75, 3.05) is 6.54 Å². The molecule has 0 unspecified atom stereocenters. The second-order valence-electron chi connectivity index (χ2n) is 3.84. The van der Waals surface area contributed by atoms with Crippen LogP contribution in [0.1, 0.15) is 30.6 Å². The van der Waals surface area contributed by atoms with Gasteiger partial charge < -0.3 is 4.90 Å². The highest BCUT2D eigenvalue weighted by atomic mass is 19.1. The number of aromatic nitrogens is 1. The van der Waals surface area contributed by atoms with Crippen LogP contribution in [0.2, 0.25) is 0 Å². The van der Waals surface area contributed by atoms with Gasteiger partial charge in [0.25, 0.3) is 5.91 Å². The number of pyridine rings is 1. The number of nitriles is 1. The Morgan fingerprint density at radius 1 is 1.65 bits per heavy atom. The lowest BCUT2D eigenvalue weighted by Gasteiger charge is -2.25. The summed E-state index contributed by atoms with van der Waals surface area (Å²) in [6.45, 7) is 3.94. The molecule has 0 atom stereocenters. The van der Waals surface area contributed by atoms with E-state index >= 15 is 0 Å². The first-order valence-electron chi connectivity index (χ1n) is 5.36. The average Bonchev–Trinajstić information content (AvgIpc) is 2.29. The van der Waals surface area contributed by atoms with Crippen molar-refractivity contribution in [3.63, 3.8) is 0 Å². The monoisotopic (exact) mass is 235 g/mol. The zero-order valence-corrected chi connectivity index (χ0v) is 9.85. The first-order chi connectivity index (χ1) is 8.07. The van der Waals surface area contributed by atoms with Gasteiger partial charge in [-0.2, -0.15) is 9.65 Å². The van der Waals surface area contributed by atoms with Crippen molar-refractivity contribution < 1.29 is 9.18 Å². The fourth-order valence-electron chi connectivity index (χ4n) is 1.46. The molecule has 90 valence electrons. The summed E-state index contributed by atoms with van der Waals surface area (Å²) >= 11 is 0. The first-order valence-corrected chi connectivity index (χ1v) is 5.36. The minimum atomic E-state index is -0.778. The molecular formula is C12H14FN3O. The lowest BCUT2D eigenvalue weighted by atomic mass is 10.2. The molecule has 1 rings (SSSR count). The summed E-state index contributed by atoms with van der Waals surface area (Å²) in [5, 5.41) is 8.53. The van der Waals surface area contributed by atoms with Gasteiger partial charge in [0.1, 0.15) is 0 Å². The van der Waals surface area contributed by atoms with Gasteiger partial charge in [-0.3, -0.25) is 4.79 Å². The van der Waals surface area contributed by atoms with Gasteiger partial charge in [-0.1, -0.05) is 0 Å². The number of hydrogen-bond donors (Lipinski definition) is 0. The number of carbonyl (C=O) groups is 1. The van der Waals surface area contributed by atoms with Gasteiger partial charge >= 0.3 is 0 Å². The van der Waals surface area contributed by atoms with Crippen LogP contribution >= 0.6 is 0 Å². The molecule has 0 radical (unpaired) electrons. The van der Waals surface area contributed by atoms with E-state index in [0.717, 1.165) is 0 Å². The van der Waals surface area contributed by atoms with Crippen LogP contribution in [-0.4, -0.2) is 28.4 Å². The fourth-order valence-corrected chi connectivity index (χ4v) is 1.46. The molecule has 0 saturated heterocycles. The largest absolute Gasteiger partial charge is 0.335 e. The number of rotatable bonds is 4. The summed E-state index contributed by atoms with van der Waals surface area (Å²) in [6.07, 6.45) is 1.52. The summed E-state index contributed by atoms with van der Waals surface area (Å²) in [5.41, 5.74) is -0.0564. The standard InChI is InChI=1S/C12H14FN3O/c1-9(2)16(8-4-6-14)12(17)10-5-3-7-15-11(10)13/h3,5,7,9H,4,8H2,1-2H3. The predicted octanol–water partition coefficient (Wildman–Crippen LogP) is 1.98. The fraction of sp³-hybridized carbons (Fsp3) is 0.417. The Hall–Kier alpha value is -1.96. The van der Waals surface area contributed by atoms with E-state index < -0.39 is 11.9 Å². The van der Waals surface area contributed by atoms with Gasteiger partial charge in [-0.15, -0.1) is 0 Å². The molecule has 1 aromatic heterocycles. The van der Waals surface area contributed by atoms with Crippen molar-refractivity contribution in [2.24, 2.45) is 0 Å². The van der Waals surface area contributed by atoms with Gasteiger partial charge in [-0.25, -0.2) is 4.98 Å². The third-order valence-corrected chi connectivity index (χ3v) is 2.34. The minimum Gasteiger partial charge on any atom is -0.335 e. The molecule has 0 aliphatic carbocycles. The molecule has 0 aromatic carbocycles. The third kappa shape index (κ3) is 3.25. The van der Waals surface area contributed by atoms with Crippen molar-refractivity contribution in [1.29, 1.82) is 5.26 Å². The molecule has 0 saturated carbocycles. The van der Waals surface area contributed by atoms with Crippen LogP contribution in [0.5, 0.6) is 0 Å². The van der Waals surface area contributed by atoms with E-state index in [1.54, 1.807) is 0 Å². The maximum absolute atomic E-state index is 13.4. The van der Waals surface area contributed by atoms with Gasteiger partial charge in [0.2, 0.25) is 5.95 Å². The number of nitrogens with zero attached hydrogens (tertiary/aromatic N) is 3. The van der Waals surface area contributed by atoms with Gasteiger partial charge in [0.05, 0.1) is 18.1 Å². The van der Waals surface area contributed by atoms with E-state index in [2.05, 4.69) is 4.98 Å². The number of halogens is 1. The number of hydrogen-bond acceptors (Lipinski definition) is 3. The van der Waals surface area contributed by atoms with E-state index in [-0.39, 0.29) is 18.0 Å². The Morgan fingerprint density at radius 3 is 2.88 bits per heavy atom. The quantitative estimate of drug-likeness (QED) is 0.750. The maximum atomic E-state index is 13.4. The summed E-state index contributed by atoms with van der Waals surface area (Å²) in [7, 11) is 0. The molecule has 1 heterocycles. The molecular weight excluding hydrogens is 221 g/mol. The second kappa shape index (κ2) is 5.94. The highest BCUT2D eigenvalue weighted by Gasteiger charge is 2.21. The van der Waals surface area contributed by atoms with Crippen molar-refractivity contribution in [3.8, 4) is 6.07 Å². The van der Waals surface area contributed by atoms with Crippen LogP contribution in [-0.2, 0) is 0 Å². The van der Waals surface area contributed by atoms with Crippen molar-refractivity contribution in [2.45, 2.75) is 26.3 Å². The number of amides is 1. The normalized spacial score (nSPS) is 10.1. The van der Waals surface area contributed by atoms with Crippen LogP contribution in [0, 0.1) is 17.3 Å². The minimum absolute atomic E-state index is 0.0564. The van der Waals surface area contributed by atoms with Crippen LogP contribution in [0.3, 0.4) is 0 Å². The van der Waals surface area contributed by atoms with Crippen molar-refractivity contribution in [1.82, 2.24) is 9.88 Å². The smallest absolute Gasteiger partial charge is 0.258 e. The average molecular weight is 235 g/mol. The summed E-state index contributed by atoms with van der Waals surface area (Å²) in [6, 6.07) is 4.79. The van der Waals surface area contributed by atoms with E-state index in [9.17, 15) is 9.18 Å². The SMILES string of the molecule is CC(C)N(CCC#N)C(=O)c1cccnc1F. The van der Waals surface area contributed by atoms with E-state index in [1.165, 1.54) is 23.2 Å². The van der Waals surface area contributed by atoms with Crippen LogP contribution in [0.4, 0.5) is 4.39 Å². The molecule has 1 aromatic rings. The summed E-state index contributed by atoms with van der Waals surface area (Å²) in [4.78, 5) is 17.0. The highest BCUT2D eigenvalue weighted by Crippen LogP contribution is 2.11. The van der Waals surface area contributed by atoms with Crippen LogP contribution in [0.15, 0.2) is 18.3 Å². The van der Waals surface area contributed by atoms with Crippen LogP contribution < -0.4 is 0 Å². The number of carbonyl (C=O) groups excluding carboxylic acids is 1. The Bertz CT molecular complexity index is 440. The molecule has 0 aliphatic rings. The molecule has 17 heavy (non-hydrogen) atoms. The Kier molecular flexibility index (Phi) is 4.58. The molecule has 4 nitrogen and oxygen atoms in total. The van der Waals surface area contributed by atoms with Crippen LogP contribution in [0.25, 0.3) is 0 Å². The third-order valence-electron chi connectivity index (χ3n) is 2.34. The Morgan fingerprint density at radius 2 is 2.35 bits per heavy atom. The molecule has 1 amide bonds. The Labute approximate surface area is 99.7 Å². The molecule has 5 heteroatoms. The zero-order valence-electron chi connectivity index (χ0n) is 9.85. The first kappa shape index (κ1) is 13.1. The summed E-state index contributed by atoms with van der Waals surface area (Å²) in [5.74, 6) is -1.21. The molecule has 0 bridgehead atoms. The topological polar surface area (TPSA) is 57.0 Å². The zero-order chi connectivity index (χ0) is 12.8. The summed E-state index contributed by atoms with van der Waals surface area (Å²) < 4.78 is 13.4. The predicted molar refractivity (Wildman–Crippen MR) is 60.6 cm³/mol. The van der Waals surface area contributed by atoms with E-state index in [1.807, 2.05) is 19.9 Å². The highest BCUT2D eigenvalue weighted by molar-refractivity contribution is 5.94. The van der Waals surface area contributed by atoms with Gasteiger partial charge in [0, 0.05) is 18.8 Å². The maximum Gasteiger partial charge on any atom is 0.258 e. The second-order valence-corrected chi connectivity index (χ2v) is 3.84. The van der Waals surface area contributed by atoms with Crippen molar-refractivity contribution in [3.05, 3.63) is 29.8 Å².